The first-order valence-electron chi connectivity index (χ1n) is 2.67. The molecule has 0 amide bonds. The van der Waals surface area contributed by atoms with Gasteiger partial charge in [-0.05, 0) is 0 Å². The molecule has 8 heteroatoms. The number of halogens is 6. The van der Waals surface area contributed by atoms with Gasteiger partial charge in [-0.15, -0.1) is 24.0 Å². The van der Waals surface area contributed by atoms with Crippen LogP contribution >= 0.6 is 82.0 Å². The van der Waals surface area contributed by atoms with Crippen LogP contribution in [0.3, 0.4) is 0 Å². The van der Waals surface area contributed by atoms with Crippen molar-refractivity contribution in [1.82, 2.24) is 0 Å². The number of hydrogen-bond donors (Lipinski definition) is 1. The van der Waals surface area contributed by atoms with Gasteiger partial charge in [-0.2, -0.15) is 0 Å². The van der Waals surface area contributed by atoms with E-state index in [1.807, 2.05) is 0 Å². The van der Waals surface area contributed by atoms with Crippen LogP contribution in [0.4, 0.5) is 0 Å². The molecule has 1 rings (SSSR count). The van der Waals surface area contributed by atoms with E-state index in [0.29, 0.717) is 0 Å². The quantitative estimate of drug-likeness (QED) is 0.229. The fraction of sp³-hybridized carbons (Fsp3) is 0. The van der Waals surface area contributed by atoms with Gasteiger partial charge >= 0.3 is 0 Å². The van der Waals surface area contributed by atoms with E-state index in [1.54, 1.807) is 0 Å². The predicted octanol–water partition coefficient (Wildman–Crippen LogP) is 5.27. The number of phenols is 1. The molecule has 0 saturated carbocycles. The summed E-state index contributed by atoms with van der Waals surface area (Å²) in [4.78, 5) is 0. The van der Waals surface area contributed by atoms with Crippen LogP contribution in [0.5, 0.6) is 5.75 Å². The molecule has 0 heterocycles. The van der Waals surface area contributed by atoms with Crippen LogP contribution in [0.2, 0.25) is 25.1 Å². The van der Waals surface area contributed by atoms with Crippen LogP contribution in [-0.4, -0.2) is 5.11 Å². The van der Waals surface area contributed by atoms with Crippen molar-refractivity contribution in [3.63, 3.8) is 0 Å². The summed E-state index contributed by atoms with van der Waals surface area (Å²) < 4.78 is 0. The van der Waals surface area contributed by atoms with E-state index in [1.165, 1.54) is 0 Å². The summed E-state index contributed by atoms with van der Waals surface area (Å²) in [6.45, 7) is 0. The molecule has 1 aromatic rings. The van der Waals surface area contributed by atoms with E-state index >= 15 is 0 Å². The fourth-order valence-electron chi connectivity index (χ4n) is 0.593. The zero-order valence-electron chi connectivity index (χ0n) is 6.19. The second-order valence-corrected chi connectivity index (χ2v) is 3.81. The van der Waals surface area contributed by atoms with Crippen molar-refractivity contribution in [2.45, 2.75) is 0 Å². The standard InChI is InChI=1S/C6HCl5O.HI.Nb/c7-1-2(8)4(10)6(12)5(11)3(1)9;;/h12H;1H;. The molecular weight excluding hydrogens is 485 g/mol. The van der Waals surface area contributed by atoms with Crippen molar-refractivity contribution in [1.29, 1.82) is 0 Å². The largest absolute Gasteiger partial charge is 0.505 e. The summed E-state index contributed by atoms with van der Waals surface area (Å²) in [6.07, 6.45) is 0. The minimum atomic E-state index is -0.363. The second kappa shape index (κ2) is 7.30. The van der Waals surface area contributed by atoms with Crippen LogP contribution in [-0.2, 0) is 22.4 Å². The maximum atomic E-state index is 9.20. The van der Waals surface area contributed by atoms with E-state index in [2.05, 4.69) is 0 Å². The van der Waals surface area contributed by atoms with Gasteiger partial charge in [0.05, 0.1) is 15.1 Å². The molecule has 0 atom stereocenters. The number of benzene rings is 1. The van der Waals surface area contributed by atoms with Crippen molar-refractivity contribution in [3.05, 3.63) is 25.1 Å². The molecule has 1 radical (unpaired) electrons. The third kappa shape index (κ3) is 3.47. The van der Waals surface area contributed by atoms with Crippen LogP contribution in [0.15, 0.2) is 0 Å². The Kier molecular flexibility index (Phi) is 9.55. The molecule has 0 aliphatic carbocycles. The fourth-order valence-corrected chi connectivity index (χ4v) is 1.72. The summed E-state index contributed by atoms with van der Waals surface area (Å²) in [5, 5.41) is 9.01. The third-order valence-electron chi connectivity index (χ3n) is 1.19. The molecular formula is C6H2Cl5INbO. The van der Waals surface area contributed by atoms with Crippen molar-refractivity contribution in [2.24, 2.45) is 0 Å². The Hall–Kier alpha value is 1.94. The third-order valence-corrected chi connectivity index (χ3v) is 3.44. The van der Waals surface area contributed by atoms with Gasteiger partial charge < -0.3 is 5.11 Å². The molecule has 0 aromatic heterocycles. The van der Waals surface area contributed by atoms with Gasteiger partial charge in [-0.3, -0.25) is 0 Å². The Balaban J connectivity index is 0. The monoisotopic (exact) mass is 485 g/mol. The van der Waals surface area contributed by atoms with Crippen LogP contribution in [0.25, 0.3) is 0 Å². The molecule has 1 nitrogen and oxygen atoms in total. The SMILES string of the molecule is I.Oc1c(Cl)c(Cl)c(Cl)c(Cl)c1Cl.[Nb]. The number of phenolic OH excluding ortho intramolecular Hbond substituents is 1. The molecule has 0 aliphatic rings. The number of hydrogen-bond acceptors (Lipinski definition) is 1. The molecule has 0 unspecified atom stereocenters. The average Bonchev–Trinajstić information content (AvgIpc) is 2.08. The van der Waals surface area contributed by atoms with Crippen molar-refractivity contribution < 1.29 is 27.5 Å². The van der Waals surface area contributed by atoms with E-state index in [9.17, 15) is 5.11 Å². The Morgan fingerprint density at radius 1 is 0.643 bits per heavy atom. The van der Waals surface area contributed by atoms with Gasteiger partial charge in [-0.25, -0.2) is 0 Å². The molecule has 1 N–H and O–H groups in total. The molecule has 0 aliphatic heterocycles. The van der Waals surface area contributed by atoms with Gasteiger partial charge in [0.2, 0.25) is 0 Å². The minimum absolute atomic E-state index is 0. The topological polar surface area (TPSA) is 20.2 Å². The van der Waals surface area contributed by atoms with Gasteiger partial charge in [0.25, 0.3) is 0 Å². The predicted molar refractivity (Wildman–Crippen MR) is 68.6 cm³/mol. The summed E-state index contributed by atoms with van der Waals surface area (Å²) in [5.74, 6) is -0.363. The Morgan fingerprint density at radius 2 is 0.857 bits per heavy atom. The van der Waals surface area contributed by atoms with E-state index in [4.69, 9.17) is 58.0 Å². The molecule has 0 bridgehead atoms. The van der Waals surface area contributed by atoms with Crippen LogP contribution in [0.1, 0.15) is 0 Å². The maximum absolute atomic E-state index is 9.20. The molecule has 79 valence electrons. The van der Waals surface area contributed by atoms with Crippen LogP contribution < -0.4 is 0 Å². The van der Waals surface area contributed by atoms with Crippen molar-refractivity contribution in [3.8, 4) is 5.75 Å². The average molecular weight is 487 g/mol. The summed E-state index contributed by atoms with van der Waals surface area (Å²) in [5.41, 5.74) is 0. The Morgan fingerprint density at radius 3 is 1.14 bits per heavy atom. The van der Waals surface area contributed by atoms with E-state index in [0.717, 1.165) is 0 Å². The maximum Gasteiger partial charge on any atom is 0.155 e. The smallest absolute Gasteiger partial charge is 0.155 e. The zero-order chi connectivity index (χ0) is 9.46. The molecule has 1 aromatic carbocycles. The molecule has 0 fully saturated rings. The normalized spacial score (nSPS) is 8.93. The minimum Gasteiger partial charge on any atom is -0.505 e. The number of aromatic hydroxyl groups is 1. The van der Waals surface area contributed by atoms with Gasteiger partial charge in [-0.1, -0.05) is 58.0 Å². The molecule has 14 heavy (non-hydrogen) atoms. The molecule has 0 spiro atoms. The van der Waals surface area contributed by atoms with E-state index in [-0.39, 0.29) is 77.2 Å². The van der Waals surface area contributed by atoms with Crippen molar-refractivity contribution in [2.75, 3.05) is 0 Å². The number of rotatable bonds is 0. The second-order valence-electron chi connectivity index (χ2n) is 1.92. The first kappa shape index (κ1) is 18.3. The summed E-state index contributed by atoms with van der Waals surface area (Å²) in [7, 11) is 0. The molecule has 0 saturated heterocycles. The van der Waals surface area contributed by atoms with Gasteiger partial charge in [0, 0.05) is 22.4 Å². The first-order chi connectivity index (χ1) is 5.46. The Labute approximate surface area is 139 Å². The summed E-state index contributed by atoms with van der Waals surface area (Å²) >= 11 is 27.9. The van der Waals surface area contributed by atoms with Crippen LogP contribution in [0, 0.1) is 0 Å². The summed E-state index contributed by atoms with van der Waals surface area (Å²) in [6, 6.07) is 0. The van der Waals surface area contributed by atoms with Gasteiger partial charge in [0.15, 0.2) is 5.75 Å². The first-order valence-corrected chi connectivity index (χ1v) is 4.56. The van der Waals surface area contributed by atoms with Gasteiger partial charge in [0.1, 0.15) is 10.0 Å². The van der Waals surface area contributed by atoms with E-state index < -0.39 is 0 Å². The Bertz CT molecular complexity index is 240. The van der Waals surface area contributed by atoms with Crippen molar-refractivity contribution >= 4 is 82.0 Å². The zero-order valence-corrected chi connectivity index (χ0v) is 14.5.